The van der Waals surface area contributed by atoms with Crippen molar-refractivity contribution in [2.45, 2.75) is 38.7 Å². The van der Waals surface area contributed by atoms with E-state index in [1.165, 1.54) is 17.7 Å². The van der Waals surface area contributed by atoms with E-state index in [1.807, 2.05) is 0 Å². The second-order valence-corrected chi connectivity index (χ2v) is 5.66. The molecular weight excluding hydrogens is 282 g/mol. The number of aryl methyl sites for hydroxylation is 1. The Morgan fingerprint density at radius 1 is 1.48 bits per heavy atom. The van der Waals surface area contributed by atoms with Crippen LogP contribution in [-0.4, -0.2) is 48.0 Å². The number of nitrogens with zero attached hydrogens (tertiary/aromatic N) is 2. The Hall–Kier alpha value is -1.50. The summed E-state index contributed by atoms with van der Waals surface area (Å²) in [5.41, 5.74) is 0.524. The van der Waals surface area contributed by atoms with Crippen LogP contribution in [0.4, 0.5) is 8.78 Å². The molecule has 0 spiro atoms. The van der Waals surface area contributed by atoms with Crippen LogP contribution in [0.2, 0.25) is 0 Å². The maximum Gasteiger partial charge on any atom is 0.291 e. The van der Waals surface area contributed by atoms with Crippen LogP contribution in [0, 0.1) is 12.8 Å². The predicted molar refractivity (Wildman–Crippen MR) is 69.3 cm³/mol. The lowest BCUT2D eigenvalue weighted by molar-refractivity contribution is -0.0946. The Morgan fingerprint density at radius 2 is 2.24 bits per heavy atom. The Kier molecular flexibility index (Phi) is 3.93. The first-order valence-corrected chi connectivity index (χ1v) is 7.20. The molecule has 1 unspecified atom stereocenters. The zero-order valence-corrected chi connectivity index (χ0v) is 11.8. The number of alkyl halides is 2. The smallest absolute Gasteiger partial charge is 0.291 e. The summed E-state index contributed by atoms with van der Waals surface area (Å²) in [5.74, 6) is 0.964. The van der Waals surface area contributed by atoms with Gasteiger partial charge in [-0.1, -0.05) is 0 Å². The van der Waals surface area contributed by atoms with Gasteiger partial charge in [0.15, 0.2) is 5.89 Å². The standard InChI is InChI=1S/C14H18F2N2O3/c1-8-12(21-11(17-8)6-9-2-3-9)14(19)18-4-5-20-10(7-18)13(15)16/h9-10,13H,2-7H2,1H3. The summed E-state index contributed by atoms with van der Waals surface area (Å²) in [6.45, 7) is 2.00. The Bertz CT molecular complexity index is 528. The molecule has 1 amide bonds. The number of hydrogen-bond acceptors (Lipinski definition) is 4. The molecule has 0 aromatic carbocycles. The molecule has 7 heteroatoms. The molecule has 2 aliphatic rings. The molecule has 0 bridgehead atoms. The van der Waals surface area contributed by atoms with Gasteiger partial charge in [-0.3, -0.25) is 4.79 Å². The number of carbonyl (C=O) groups is 1. The van der Waals surface area contributed by atoms with Crippen LogP contribution in [0.1, 0.15) is 35.0 Å². The first-order chi connectivity index (χ1) is 10.0. The fourth-order valence-electron chi connectivity index (χ4n) is 2.46. The van der Waals surface area contributed by atoms with Gasteiger partial charge in [-0.2, -0.15) is 0 Å². The zero-order valence-electron chi connectivity index (χ0n) is 11.8. The largest absolute Gasteiger partial charge is 0.435 e. The number of halogens is 2. The number of ether oxygens (including phenoxy) is 1. The molecule has 1 saturated heterocycles. The van der Waals surface area contributed by atoms with E-state index in [1.54, 1.807) is 6.92 Å². The normalized spacial score (nSPS) is 22.9. The number of morpholine rings is 1. The minimum Gasteiger partial charge on any atom is -0.435 e. The van der Waals surface area contributed by atoms with E-state index in [2.05, 4.69) is 4.98 Å². The maximum absolute atomic E-state index is 12.7. The van der Waals surface area contributed by atoms with Gasteiger partial charge in [0.1, 0.15) is 6.10 Å². The van der Waals surface area contributed by atoms with Crippen LogP contribution < -0.4 is 0 Å². The highest BCUT2D eigenvalue weighted by Crippen LogP contribution is 2.32. The van der Waals surface area contributed by atoms with Crippen LogP contribution in [-0.2, 0) is 11.2 Å². The van der Waals surface area contributed by atoms with Crippen molar-refractivity contribution in [2.75, 3.05) is 19.7 Å². The summed E-state index contributed by atoms with van der Waals surface area (Å²) in [7, 11) is 0. The van der Waals surface area contributed by atoms with Crippen molar-refractivity contribution in [2.24, 2.45) is 5.92 Å². The summed E-state index contributed by atoms with van der Waals surface area (Å²) in [6, 6.07) is 0. The summed E-state index contributed by atoms with van der Waals surface area (Å²) in [5, 5.41) is 0. The summed E-state index contributed by atoms with van der Waals surface area (Å²) < 4.78 is 35.9. The van der Waals surface area contributed by atoms with E-state index in [-0.39, 0.29) is 24.8 Å². The molecular formula is C14H18F2N2O3. The highest BCUT2D eigenvalue weighted by atomic mass is 19.3. The lowest BCUT2D eigenvalue weighted by Gasteiger charge is -2.31. The highest BCUT2D eigenvalue weighted by molar-refractivity contribution is 5.92. The van der Waals surface area contributed by atoms with E-state index in [0.717, 1.165) is 6.42 Å². The van der Waals surface area contributed by atoms with Crippen molar-refractivity contribution in [1.82, 2.24) is 9.88 Å². The quantitative estimate of drug-likeness (QED) is 0.854. The van der Waals surface area contributed by atoms with Crippen LogP contribution in [0.25, 0.3) is 0 Å². The number of amides is 1. The SMILES string of the molecule is Cc1nc(CC2CC2)oc1C(=O)N1CCOC(C(F)F)C1. The molecule has 1 aliphatic carbocycles. The number of aromatic nitrogens is 1. The predicted octanol–water partition coefficient (Wildman–Crippen LogP) is 2.04. The van der Waals surface area contributed by atoms with E-state index in [4.69, 9.17) is 9.15 Å². The third-order valence-corrected chi connectivity index (χ3v) is 3.86. The molecule has 0 N–H and O–H groups in total. The molecule has 5 nitrogen and oxygen atoms in total. The maximum atomic E-state index is 12.7. The average Bonchev–Trinajstić information content (AvgIpc) is 3.20. The second-order valence-electron chi connectivity index (χ2n) is 5.66. The van der Waals surface area contributed by atoms with Crippen LogP contribution in [0.15, 0.2) is 4.42 Å². The molecule has 1 aromatic heterocycles. The van der Waals surface area contributed by atoms with Crippen molar-refractivity contribution in [3.8, 4) is 0 Å². The summed E-state index contributed by atoms with van der Waals surface area (Å²) >= 11 is 0. The van der Waals surface area contributed by atoms with Crippen molar-refractivity contribution < 1.29 is 22.7 Å². The lowest BCUT2D eigenvalue weighted by atomic mass is 10.2. The van der Waals surface area contributed by atoms with Crippen LogP contribution in [0.3, 0.4) is 0 Å². The van der Waals surface area contributed by atoms with Crippen molar-refractivity contribution >= 4 is 5.91 Å². The van der Waals surface area contributed by atoms with Gasteiger partial charge in [-0.25, -0.2) is 13.8 Å². The van der Waals surface area contributed by atoms with Gasteiger partial charge in [0.25, 0.3) is 12.3 Å². The summed E-state index contributed by atoms with van der Waals surface area (Å²) in [4.78, 5) is 18.0. The Morgan fingerprint density at radius 3 is 2.90 bits per heavy atom. The highest BCUT2D eigenvalue weighted by Gasteiger charge is 2.33. The first kappa shape index (κ1) is 14.4. The molecule has 1 aromatic rings. The fourth-order valence-corrected chi connectivity index (χ4v) is 2.46. The molecule has 1 saturated carbocycles. The van der Waals surface area contributed by atoms with Gasteiger partial charge < -0.3 is 14.1 Å². The number of rotatable bonds is 4. The monoisotopic (exact) mass is 300 g/mol. The van der Waals surface area contributed by atoms with E-state index in [0.29, 0.717) is 24.0 Å². The Labute approximate surface area is 121 Å². The van der Waals surface area contributed by atoms with Crippen molar-refractivity contribution in [3.63, 3.8) is 0 Å². The van der Waals surface area contributed by atoms with Gasteiger partial charge in [-0.15, -0.1) is 0 Å². The number of oxazole rings is 1. The van der Waals surface area contributed by atoms with E-state index >= 15 is 0 Å². The molecule has 1 atom stereocenters. The van der Waals surface area contributed by atoms with Gasteiger partial charge >= 0.3 is 0 Å². The van der Waals surface area contributed by atoms with E-state index in [9.17, 15) is 13.6 Å². The van der Waals surface area contributed by atoms with Gasteiger partial charge in [0, 0.05) is 13.0 Å². The molecule has 0 radical (unpaired) electrons. The second kappa shape index (κ2) is 5.71. The number of hydrogen-bond donors (Lipinski definition) is 0. The van der Waals surface area contributed by atoms with E-state index < -0.39 is 12.5 Å². The Balaban J connectivity index is 1.70. The summed E-state index contributed by atoms with van der Waals surface area (Å²) in [6.07, 6.45) is -0.732. The molecule has 2 fully saturated rings. The molecule has 21 heavy (non-hydrogen) atoms. The van der Waals surface area contributed by atoms with Crippen molar-refractivity contribution in [3.05, 3.63) is 17.3 Å². The molecule has 1 aliphatic heterocycles. The minimum absolute atomic E-state index is 0.114. The third kappa shape index (κ3) is 3.23. The van der Waals surface area contributed by atoms with Gasteiger partial charge in [0.2, 0.25) is 5.76 Å². The third-order valence-electron chi connectivity index (χ3n) is 3.86. The molecule has 116 valence electrons. The van der Waals surface area contributed by atoms with Crippen LogP contribution >= 0.6 is 0 Å². The van der Waals surface area contributed by atoms with Gasteiger partial charge in [-0.05, 0) is 25.7 Å². The van der Waals surface area contributed by atoms with Crippen LogP contribution in [0.5, 0.6) is 0 Å². The fraction of sp³-hybridized carbons (Fsp3) is 0.714. The zero-order chi connectivity index (χ0) is 15.0. The minimum atomic E-state index is -2.60. The topological polar surface area (TPSA) is 55.6 Å². The van der Waals surface area contributed by atoms with Gasteiger partial charge in [0.05, 0.1) is 18.8 Å². The first-order valence-electron chi connectivity index (χ1n) is 7.20. The average molecular weight is 300 g/mol. The molecule has 2 heterocycles. The lowest BCUT2D eigenvalue weighted by Crippen LogP contribution is -2.48. The molecule has 3 rings (SSSR count). The van der Waals surface area contributed by atoms with Crippen molar-refractivity contribution in [1.29, 1.82) is 0 Å². The number of carbonyl (C=O) groups excluding carboxylic acids is 1.